The fourth-order valence-electron chi connectivity index (χ4n) is 1.93. The van der Waals surface area contributed by atoms with Crippen LogP contribution in [0.1, 0.15) is 17.8 Å². The summed E-state index contributed by atoms with van der Waals surface area (Å²) in [5.41, 5.74) is 1.49. The van der Waals surface area contributed by atoms with Gasteiger partial charge in [0.05, 0.1) is 30.0 Å². The van der Waals surface area contributed by atoms with Crippen LogP contribution in [-0.4, -0.2) is 45.1 Å². The minimum absolute atomic E-state index is 0.258. The Morgan fingerprint density at radius 1 is 1.47 bits per heavy atom. The van der Waals surface area contributed by atoms with Gasteiger partial charge in [0.2, 0.25) is 0 Å². The van der Waals surface area contributed by atoms with E-state index in [2.05, 4.69) is 15.3 Å². The molecule has 0 aromatic carbocycles. The maximum atomic E-state index is 11.8. The fourth-order valence-corrected chi connectivity index (χ4v) is 1.93. The van der Waals surface area contributed by atoms with Gasteiger partial charge < -0.3 is 15.3 Å². The molecule has 0 radical (unpaired) electrons. The summed E-state index contributed by atoms with van der Waals surface area (Å²) in [5, 5.41) is 11.6. The van der Waals surface area contributed by atoms with Gasteiger partial charge in [-0.15, -0.1) is 0 Å². The summed E-state index contributed by atoms with van der Waals surface area (Å²) in [6.45, 7) is 2.87. The van der Waals surface area contributed by atoms with Crippen molar-refractivity contribution in [3.05, 3.63) is 23.8 Å². The molecule has 1 fully saturated rings. The van der Waals surface area contributed by atoms with E-state index in [0.29, 0.717) is 25.2 Å². The quantitative estimate of drug-likeness (QED) is 0.824. The number of nitrogens with one attached hydrogen (secondary N) is 1. The highest BCUT2D eigenvalue weighted by Gasteiger charge is 2.30. The van der Waals surface area contributed by atoms with Gasteiger partial charge in [-0.1, -0.05) is 0 Å². The van der Waals surface area contributed by atoms with Crippen LogP contribution in [0.15, 0.2) is 12.4 Å². The molecule has 2 amide bonds. The number of rotatable bonds is 3. The van der Waals surface area contributed by atoms with E-state index in [1.54, 1.807) is 12.4 Å². The number of nitrogens with zero attached hydrogens (tertiary/aromatic N) is 3. The van der Waals surface area contributed by atoms with E-state index >= 15 is 0 Å². The average molecular weight is 264 g/mol. The Morgan fingerprint density at radius 2 is 2.26 bits per heavy atom. The predicted octanol–water partition coefficient (Wildman–Crippen LogP) is 0.401. The second-order valence-corrected chi connectivity index (χ2v) is 4.58. The highest BCUT2D eigenvalue weighted by Crippen LogP contribution is 2.16. The number of aromatic nitrogens is 2. The van der Waals surface area contributed by atoms with Gasteiger partial charge >= 0.3 is 12.0 Å². The molecule has 102 valence electrons. The van der Waals surface area contributed by atoms with Crippen molar-refractivity contribution in [1.82, 2.24) is 20.2 Å². The molecule has 1 aliphatic heterocycles. The SMILES string of the molecule is Cc1cnc(CNC(=O)N2CCC(C(=O)O)C2)cn1. The van der Waals surface area contributed by atoms with Crippen LogP contribution in [-0.2, 0) is 11.3 Å². The Hall–Kier alpha value is -2.18. The predicted molar refractivity (Wildman–Crippen MR) is 66.3 cm³/mol. The Balaban J connectivity index is 1.82. The van der Waals surface area contributed by atoms with Crippen LogP contribution in [0, 0.1) is 12.8 Å². The van der Waals surface area contributed by atoms with Gasteiger partial charge in [0.1, 0.15) is 0 Å². The number of amides is 2. The number of likely N-dealkylation sites (tertiary alicyclic amines) is 1. The third-order valence-corrected chi connectivity index (χ3v) is 3.08. The molecule has 7 nitrogen and oxygen atoms in total. The zero-order chi connectivity index (χ0) is 13.8. The Kier molecular flexibility index (Phi) is 3.94. The monoisotopic (exact) mass is 264 g/mol. The normalized spacial score (nSPS) is 18.4. The topological polar surface area (TPSA) is 95.4 Å². The molecule has 0 aliphatic carbocycles. The van der Waals surface area contributed by atoms with Gasteiger partial charge in [0.25, 0.3) is 0 Å². The second kappa shape index (κ2) is 5.64. The number of carboxylic acids is 1. The standard InChI is InChI=1S/C12H16N4O3/c1-8-4-14-10(5-13-8)6-15-12(19)16-3-2-9(7-16)11(17)18/h4-5,9H,2-3,6-7H2,1H3,(H,15,19)(H,17,18). The molecule has 1 atom stereocenters. The molecule has 0 saturated carbocycles. The van der Waals surface area contributed by atoms with Crippen LogP contribution in [0.2, 0.25) is 0 Å². The lowest BCUT2D eigenvalue weighted by molar-refractivity contribution is -0.141. The van der Waals surface area contributed by atoms with Gasteiger partial charge in [-0.25, -0.2) is 4.79 Å². The van der Waals surface area contributed by atoms with Crippen LogP contribution in [0.25, 0.3) is 0 Å². The third-order valence-electron chi connectivity index (χ3n) is 3.08. The molecule has 1 saturated heterocycles. The molecule has 19 heavy (non-hydrogen) atoms. The Labute approximate surface area is 110 Å². The number of carbonyl (C=O) groups is 2. The first-order chi connectivity index (χ1) is 9.06. The van der Waals surface area contributed by atoms with Crippen molar-refractivity contribution in [2.24, 2.45) is 5.92 Å². The molecule has 1 aliphatic rings. The number of hydrogen-bond donors (Lipinski definition) is 2. The molecular weight excluding hydrogens is 248 g/mol. The van der Waals surface area contributed by atoms with Gasteiger partial charge in [-0.05, 0) is 13.3 Å². The fraction of sp³-hybridized carbons (Fsp3) is 0.500. The number of carbonyl (C=O) groups excluding carboxylic acids is 1. The zero-order valence-corrected chi connectivity index (χ0v) is 10.7. The molecule has 2 N–H and O–H groups in total. The molecule has 1 unspecified atom stereocenters. The van der Waals surface area contributed by atoms with E-state index < -0.39 is 11.9 Å². The number of aliphatic carboxylic acids is 1. The van der Waals surface area contributed by atoms with Gasteiger partial charge in [0, 0.05) is 19.3 Å². The van der Waals surface area contributed by atoms with Crippen molar-refractivity contribution in [2.75, 3.05) is 13.1 Å². The summed E-state index contributed by atoms with van der Waals surface area (Å²) >= 11 is 0. The third kappa shape index (κ3) is 3.40. The largest absolute Gasteiger partial charge is 0.481 e. The van der Waals surface area contributed by atoms with Crippen molar-refractivity contribution < 1.29 is 14.7 Å². The van der Waals surface area contributed by atoms with Crippen LogP contribution in [0.5, 0.6) is 0 Å². The number of urea groups is 1. The first-order valence-electron chi connectivity index (χ1n) is 6.09. The van der Waals surface area contributed by atoms with E-state index in [-0.39, 0.29) is 12.6 Å². The van der Waals surface area contributed by atoms with E-state index in [1.165, 1.54) is 4.90 Å². The molecule has 2 heterocycles. The Morgan fingerprint density at radius 3 is 2.84 bits per heavy atom. The highest BCUT2D eigenvalue weighted by molar-refractivity contribution is 5.77. The highest BCUT2D eigenvalue weighted by atomic mass is 16.4. The summed E-state index contributed by atoms with van der Waals surface area (Å²) < 4.78 is 0. The molecule has 1 aromatic heterocycles. The van der Waals surface area contributed by atoms with E-state index in [4.69, 9.17) is 5.11 Å². The minimum atomic E-state index is -0.847. The zero-order valence-electron chi connectivity index (χ0n) is 10.7. The summed E-state index contributed by atoms with van der Waals surface area (Å²) in [5.74, 6) is -1.30. The summed E-state index contributed by atoms with van der Waals surface area (Å²) in [7, 11) is 0. The van der Waals surface area contributed by atoms with Crippen LogP contribution in [0.3, 0.4) is 0 Å². The molecule has 0 bridgehead atoms. The van der Waals surface area contributed by atoms with E-state index in [1.807, 2.05) is 6.92 Å². The van der Waals surface area contributed by atoms with Crippen LogP contribution >= 0.6 is 0 Å². The lowest BCUT2D eigenvalue weighted by Gasteiger charge is -2.16. The van der Waals surface area contributed by atoms with Gasteiger partial charge in [-0.2, -0.15) is 0 Å². The molecule has 2 rings (SSSR count). The molecule has 7 heteroatoms. The number of hydrogen-bond acceptors (Lipinski definition) is 4. The maximum Gasteiger partial charge on any atom is 0.317 e. The van der Waals surface area contributed by atoms with Crippen LogP contribution < -0.4 is 5.32 Å². The van der Waals surface area contributed by atoms with Crippen molar-refractivity contribution >= 4 is 12.0 Å². The lowest BCUT2D eigenvalue weighted by Crippen LogP contribution is -2.38. The first-order valence-corrected chi connectivity index (χ1v) is 6.09. The summed E-state index contributed by atoms with van der Waals surface area (Å²) in [6.07, 6.45) is 3.75. The first kappa shape index (κ1) is 13.3. The van der Waals surface area contributed by atoms with Gasteiger partial charge in [-0.3, -0.25) is 14.8 Å². The van der Waals surface area contributed by atoms with Crippen molar-refractivity contribution in [3.63, 3.8) is 0 Å². The van der Waals surface area contributed by atoms with Crippen molar-refractivity contribution in [1.29, 1.82) is 0 Å². The smallest absolute Gasteiger partial charge is 0.317 e. The maximum absolute atomic E-state index is 11.8. The summed E-state index contributed by atoms with van der Waals surface area (Å²) in [6, 6.07) is -0.258. The Bertz CT molecular complexity index is 474. The molecular formula is C12H16N4O3. The van der Waals surface area contributed by atoms with Gasteiger partial charge in [0.15, 0.2) is 0 Å². The average Bonchev–Trinajstić information content (AvgIpc) is 2.87. The second-order valence-electron chi connectivity index (χ2n) is 4.58. The minimum Gasteiger partial charge on any atom is -0.481 e. The summed E-state index contributed by atoms with van der Waals surface area (Å²) in [4.78, 5) is 32.4. The number of aryl methyl sites for hydroxylation is 1. The molecule has 1 aromatic rings. The number of carboxylic acid groups (broad SMARTS) is 1. The van der Waals surface area contributed by atoms with Crippen LogP contribution in [0.4, 0.5) is 4.79 Å². The lowest BCUT2D eigenvalue weighted by atomic mass is 10.1. The van der Waals surface area contributed by atoms with Crippen molar-refractivity contribution in [3.8, 4) is 0 Å². The molecule has 0 spiro atoms. The van der Waals surface area contributed by atoms with E-state index in [0.717, 1.165) is 5.69 Å². The van der Waals surface area contributed by atoms with E-state index in [9.17, 15) is 9.59 Å². The van der Waals surface area contributed by atoms with Crippen molar-refractivity contribution in [2.45, 2.75) is 19.9 Å².